The first-order valence-corrected chi connectivity index (χ1v) is 5.97. The normalized spacial score (nSPS) is 24.6. The van der Waals surface area contributed by atoms with Gasteiger partial charge in [-0.3, -0.25) is 4.90 Å². The lowest BCUT2D eigenvalue weighted by molar-refractivity contribution is 0.155. The molecule has 1 aliphatic rings. The molecule has 1 rings (SSSR count). The lowest BCUT2D eigenvalue weighted by Crippen LogP contribution is -2.39. The van der Waals surface area contributed by atoms with Crippen LogP contribution < -0.4 is 5.73 Å². The summed E-state index contributed by atoms with van der Waals surface area (Å²) in [6.07, 6.45) is 11.1. The molecule has 1 aliphatic heterocycles. The molecule has 0 spiro atoms. The van der Waals surface area contributed by atoms with Gasteiger partial charge in [-0.15, -0.1) is 0 Å². The van der Waals surface area contributed by atoms with Gasteiger partial charge in [-0.1, -0.05) is 31.9 Å². The Morgan fingerprint density at radius 1 is 1.36 bits per heavy atom. The first-order chi connectivity index (χ1) is 6.88. The fourth-order valence-corrected chi connectivity index (χ4v) is 2.27. The molecular weight excluding hydrogens is 172 g/mol. The molecule has 2 nitrogen and oxygen atoms in total. The van der Waals surface area contributed by atoms with E-state index < -0.39 is 0 Å². The van der Waals surface area contributed by atoms with Crippen LogP contribution in [0.1, 0.15) is 39.0 Å². The van der Waals surface area contributed by atoms with Crippen LogP contribution in [0.25, 0.3) is 0 Å². The van der Waals surface area contributed by atoms with Crippen molar-refractivity contribution in [3.63, 3.8) is 0 Å². The molecule has 0 aromatic heterocycles. The number of piperidine rings is 1. The summed E-state index contributed by atoms with van der Waals surface area (Å²) in [4.78, 5) is 2.61. The Morgan fingerprint density at radius 2 is 2.21 bits per heavy atom. The number of hydrogen-bond acceptors (Lipinski definition) is 2. The minimum atomic E-state index is 0.673. The van der Waals surface area contributed by atoms with Crippen LogP contribution in [0.4, 0.5) is 0 Å². The lowest BCUT2D eigenvalue weighted by atomic mass is 9.98. The highest BCUT2D eigenvalue weighted by Crippen LogP contribution is 2.20. The van der Waals surface area contributed by atoms with E-state index in [0.29, 0.717) is 6.54 Å². The van der Waals surface area contributed by atoms with E-state index in [0.717, 1.165) is 12.6 Å². The number of likely N-dealkylation sites (tertiary alicyclic amines) is 1. The van der Waals surface area contributed by atoms with E-state index >= 15 is 0 Å². The number of rotatable bonds is 5. The van der Waals surface area contributed by atoms with Crippen LogP contribution >= 0.6 is 0 Å². The third kappa shape index (κ3) is 3.81. The Kier molecular flexibility index (Phi) is 5.88. The molecule has 0 radical (unpaired) electrons. The van der Waals surface area contributed by atoms with Gasteiger partial charge in [-0.05, 0) is 25.8 Å². The quantitative estimate of drug-likeness (QED) is 0.683. The fraction of sp³-hybridized carbons (Fsp3) is 0.833. The molecule has 0 aromatic carbocycles. The van der Waals surface area contributed by atoms with Crippen molar-refractivity contribution < 1.29 is 0 Å². The van der Waals surface area contributed by atoms with Gasteiger partial charge in [0, 0.05) is 19.1 Å². The summed E-state index contributed by atoms with van der Waals surface area (Å²) in [6, 6.07) is 0.830. The molecule has 1 saturated heterocycles. The standard InChI is InChI=1S/C12H24N2/c1-2-7-12-8-3-5-10-14(12)11-6-4-9-13/h4,6,12H,2-3,5,7-11,13H2,1H3/b6-4+. The summed E-state index contributed by atoms with van der Waals surface area (Å²) in [7, 11) is 0. The largest absolute Gasteiger partial charge is 0.327 e. The second-order valence-corrected chi connectivity index (χ2v) is 4.14. The molecule has 0 saturated carbocycles. The summed E-state index contributed by atoms with van der Waals surface area (Å²) < 4.78 is 0. The van der Waals surface area contributed by atoms with E-state index in [9.17, 15) is 0 Å². The zero-order valence-corrected chi connectivity index (χ0v) is 9.41. The molecule has 0 amide bonds. The second kappa shape index (κ2) is 7.02. The smallest absolute Gasteiger partial charge is 0.0166 e. The Labute approximate surface area is 88.2 Å². The highest BCUT2D eigenvalue weighted by Gasteiger charge is 2.19. The van der Waals surface area contributed by atoms with E-state index in [1.54, 1.807) is 0 Å². The highest BCUT2D eigenvalue weighted by atomic mass is 15.2. The second-order valence-electron chi connectivity index (χ2n) is 4.14. The molecule has 2 heteroatoms. The first kappa shape index (κ1) is 11.7. The number of hydrogen-bond donors (Lipinski definition) is 1. The molecule has 0 aliphatic carbocycles. The average molecular weight is 196 g/mol. The molecular formula is C12H24N2. The molecule has 82 valence electrons. The Morgan fingerprint density at radius 3 is 2.93 bits per heavy atom. The Hall–Kier alpha value is -0.340. The Bertz CT molecular complexity index is 164. The van der Waals surface area contributed by atoms with Crippen LogP contribution in [0, 0.1) is 0 Å². The molecule has 1 unspecified atom stereocenters. The highest BCUT2D eigenvalue weighted by molar-refractivity contribution is 4.88. The third-order valence-electron chi connectivity index (χ3n) is 3.01. The van der Waals surface area contributed by atoms with Crippen LogP contribution in [-0.4, -0.2) is 30.6 Å². The maximum absolute atomic E-state index is 5.43. The fourth-order valence-electron chi connectivity index (χ4n) is 2.27. The van der Waals surface area contributed by atoms with Crippen molar-refractivity contribution in [2.24, 2.45) is 5.73 Å². The number of nitrogens with zero attached hydrogens (tertiary/aromatic N) is 1. The van der Waals surface area contributed by atoms with E-state index in [1.807, 2.05) is 0 Å². The van der Waals surface area contributed by atoms with Crippen molar-refractivity contribution in [2.45, 2.75) is 45.1 Å². The molecule has 14 heavy (non-hydrogen) atoms. The first-order valence-electron chi connectivity index (χ1n) is 5.97. The van der Waals surface area contributed by atoms with Gasteiger partial charge >= 0.3 is 0 Å². The minimum absolute atomic E-state index is 0.673. The molecule has 1 heterocycles. The van der Waals surface area contributed by atoms with Crippen molar-refractivity contribution in [1.29, 1.82) is 0 Å². The van der Waals surface area contributed by atoms with Crippen molar-refractivity contribution >= 4 is 0 Å². The van der Waals surface area contributed by atoms with Gasteiger partial charge in [0.25, 0.3) is 0 Å². The van der Waals surface area contributed by atoms with Gasteiger partial charge < -0.3 is 5.73 Å². The van der Waals surface area contributed by atoms with Gasteiger partial charge in [0.05, 0.1) is 0 Å². The molecule has 0 aromatic rings. The zero-order chi connectivity index (χ0) is 10.2. The molecule has 0 bridgehead atoms. The summed E-state index contributed by atoms with van der Waals surface area (Å²) in [5.74, 6) is 0. The van der Waals surface area contributed by atoms with Crippen LogP contribution in [0.15, 0.2) is 12.2 Å². The van der Waals surface area contributed by atoms with Crippen LogP contribution in [-0.2, 0) is 0 Å². The van der Waals surface area contributed by atoms with E-state index in [2.05, 4.69) is 24.0 Å². The minimum Gasteiger partial charge on any atom is -0.327 e. The SMILES string of the molecule is CCCC1CCCCN1C/C=C/CN. The average Bonchev–Trinajstić information content (AvgIpc) is 2.21. The topological polar surface area (TPSA) is 29.3 Å². The van der Waals surface area contributed by atoms with E-state index in [4.69, 9.17) is 5.73 Å². The summed E-state index contributed by atoms with van der Waals surface area (Å²) in [6.45, 7) is 5.33. The maximum atomic E-state index is 5.43. The van der Waals surface area contributed by atoms with Gasteiger partial charge in [-0.2, -0.15) is 0 Å². The molecule has 1 atom stereocenters. The van der Waals surface area contributed by atoms with Crippen molar-refractivity contribution in [1.82, 2.24) is 4.90 Å². The van der Waals surface area contributed by atoms with Crippen LogP contribution in [0.2, 0.25) is 0 Å². The molecule has 2 N–H and O–H groups in total. The van der Waals surface area contributed by atoms with Gasteiger partial charge in [0.1, 0.15) is 0 Å². The van der Waals surface area contributed by atoms with Crippen LogP contribution in [0.5, 0.6) is 0 Å². The maximum Gasteiger partial charge on any atom is 0.0166 e. The van der Waals surface area contributed by atoms with Crippen molar-refractivity contribution in [3.8, 4) is 0 Å². The van der Waals surface area contributed by atoms with Crippen molar-refractivity contribution in [2.75, 3.05) is 19.6 Å². The summed E-state index contributed by atoms with van der Waals surface area (Å²) in [5, 5.41) is 0. The molecule has 1 fully saturated rings. The monoisotopic (exact) mass is 196 g/mol. The van der Waals surface area contributed by atoms with E-state index in [-0.39, 0.29) is 0 Å². The third-order valence-corrected chi connectivity index (χ3v) is 3.01. The lowest BCUT2D eigenvalue weighted by Gasteiger charge is -2.34. The summed E-state index contributed by atoms with van der Waals surface area (Å²) in [5.41, 5.74) is 5.43. The predicted octanol–water partition coefficient (Wildman–Crippen LogP) is 2.16. The number of nitrogens with two attached hydrogens (primary N) is 1. The van der Waals surface area contributed by atoms with Gasteiger partial charge in [0.15, 0.2) is 0 Å². The zero-order valence-electron chi connectivity index (χ0n) is 9.41. The summed E-state index contributed by atoms with van der Waals surface area (Å²) >= 11 is 0. The van der Waals surface area contributed by atoms with E-state index in [1.165, 1.54) is 38.6 Å². The van der Waals surface area contributed by atoms with Gasteiger partial charge in [0.2, 0.25) is 0 Å². The van der Waals surface area contributed by atoms with Crippen molar-refractivity contribution in [3.05, 3.63) is 12.2 Å². The van der Waals surface area contributed by atoms with Gasteiger partial charge in [-0.25, -0.2) is 0 Å². The Balaban J connectivity index is 2.33. The van der Waals surface area contributed by atoms with Crippen LogP contribution in [0.3, 0.4) is 0 Å². The predicted molar refractivity (Wildman–Crippen MR) is 62.3 cm³/mol.